The van der Waals surface area contributed by atoms with Gasteiger partial charge in [-0.3, -0.25) is 9.59 Å². The van der Waals surface area contributed by atoms with Crippen LogP contribution in [0.15, 0.2) is 0 Å². The predicted molar refractivity (Wildman–Crippen MR) is 74.0 cm³/mol. The number of alkyl halides is 2. The fraction of sp³-hybridized carbons (Fsp3) is 0.727. The van der Waals surface area contributed by atoms with E-state index in [1.54, 1.807) is 0 Å². The Morgan fingerprint density at radius 3 is 2.00 bits per heavy atom. The molecule has 0 aliphatic carbocycles. The molecule has 0 heterocycles. The number of hydrogen-bond acceptors (Lipinski definition) is 5. The van der Waals surface area contributed by atoms with Crippen molar-refractivity contribution in [3.05, 3.63) is 0 Å². The Hall–Kier alpha value is -1.21. The third-order valence-corrected chi connectivity index (χ3v) is 2.43. The SMILES string of the molecule is CN(CC(=O)OCCCl)C(=O)CN(C)C(=O)OCCCl. The maximum absolute atomic E-state index is 11.8. The summed E-state index contributed by atoms with van der Waals surface area (Å²) in [6.45, 7) is -0.257. The van der Waals surface area contributed by atoms with Gasteiger partial charge in [-0.05, 0) is 0 Å². The van der Waals surface area contributed by atoms with Crippen molar-refractivity contribution >= 4 is 41.2 Å². The molecule has 0 aliphatic rings. The van der Waals surface area contributed by atoms with Gasteiger partial charge in [0.25, 0.3) is 0 Å². The molecule has 0 atom stereocenters. The van der Waals surface area contributed by atoms with Crippen LogP contribution >= 0.6 is 23.2 Å². The standard InChI is InChI=1S/C11H18Cl2N2O5/c1-14(8-10(17)19-5-3-12)9(16)7-15(2)11(18)20-6-4-13/h3-8H2,1-2H3. The highest BCUT2D eigenvalue weighted by molar-refractivity contribution is 6.18. The summed E-state index contributed by atoms with van der Waals surface area (Å²) in [5, 5.41) is 0. The lowest BCUT2D eigenvalue weighted by molar-refractivity contribution is -0.148. The molecule has 0 radical (unpaired) electrons. The minimum Gasteiger partial charge on any atom is -0.463 e. The van der Waals surface area contributed by atoms with Crippen molar-refractivity contribution in [3.8, 4) is 0 Å². The van der Waals surface area contributed by atoms with E-state index in [-0.39, 0.29) is 38.1 Å². The summed E-state index contributed by atoms with van der Waals surface area (Å²) in [4.78, 5) is 36.7. The van der Waals surface area contributed by atoms with Gasteiger partial charge in [0, 0.05) is 14.1 Å². The second-order valence-corrected chi connectivity index (χ2v) is 4.57. The topological polar surface area (TPSA) is 76.2 Å². The number of esters is 1. The van der Waals surface area contributed by atoms with Gasteiger partial charge in [0.15, 0.2) is 0 Å². The van der Waals surface area contributed by atoms with Gasteiger partial charge in [-0.2, -0.15) is 0 Å². The monoisotopic (exact) mass is 328 g/mol. The van der Waals surface area contributed by atoms with Gasteiger partial charge in [-0.1, -0.05) is 0 Å². The Labute approximate surface area is 127 Å². The van der Waals surface area contributed by atoms with Crippen LogP contribution in [0.5, 0.6) is 0 Å². The molecule has 9 heteroatoms. The molecule has 0 unspecified atom stereocenters. The molecule has 0 aliphatic heterocycles. The highest BCUT2D eigenvalue weighted by atomic mass is 35.5. The van der Waals surface area contributed by atoms with Crippen LogP contribution in [0.3, 0.4) is 0 Å². The third-order valence-electron chi connectivity index (χ3n) is 2.12. The third kappa shape index (κ3) is 8.06. The largest absolute Gasteiger partial charge is 0.463 e. The van der Waals surface area contributed by atoms with Gasteiger partial charge in [-0.15, -0.1) is 23.2 Å². The van der Waals surface area contributed by atoms with Crippen LogP contribution in [0.25, 0.3) is 0 Å². The second-order valence-electron chi connectivity index (χ2n) is 3.82. The maximum Gasteiger partial charge on any atom is 0.410 e. The van der Waals surface area contributed by atoms with Crippen LogP contribution in [0.1, 0.15) is 0 Å². The predicted octanol–water partition coefficient (Wildman–Crippen LogP) is 0.534. The number of ether oxygens (including phenoxy) is 2. The number of carbonyl (C=O) groups excluding carboxylic acids is 3. The molecule has 0 saturated carbocycles. The summed E-state index contributed by atoms with van der Waals surface area (Å²) in [6.07, 6.45) is -0.655. The Morgan fingerprint density at radius 1 is 0.900 bits per heavy atom. The van der Waals surface area contributed by atoms with Crippen molar-refractivity contribution in [1.29, 1.82) is 0 Å². The van der Waals surface area contributed by atoms with Gasteiger partial charge in [0.05, 0.1) is 11.8 Å². The second kappa shape index (κ2) is 10.6. The summed E-state index contributed by atoms with van der Waals surface area (Å²) in [5.74, 6) is -0.606. The minimum absolute atomic E-state index is 0.0690. The molecular weight excluding hydrogens is 311 g/mol. The van der Waals surface area contributed by atoms with Crippen molar-refractivity contribution in [2.45, 2.75) is 0 Å². The number of carbonyl (C=O) groups is 3. The van der Waals surface area contributed by atoms with Gasteiger partial charge in [-0.25, -0.2) is 4.79 Å². The molecule has 0 N–H and O–H groups in total. The zero-order valence-electron chi connectivity index (χ0n) is 11.4. The van der Waals surface area contributed by atoms with E-state index in [0.717, 1.165) is 9.80 Å². The van der Waals surface area contributed by atoms with Crippen LogP contribution in [0, 0.1) is 0 Å². The molecule has 0 aromatic heterocycles. The first-order valence-corrected chi connectivity index (χ1v) is 6.88. The lowest BCUT2D eigenvalue weighted by Crippen LogP contribution is -2.41. The number of rotatable bonds is 8. The highest BCUT2D eigenvalue weighted by Gasteiger charge is 2.19. The van der Waals surface area contributed by atoms with E-state index in [9.17, 15) is 14.4 Å². The number of likely N-dealkylation sites (N-methyl/N-ethyl adjacent to an activating group) is 2. The summed E-state index contributed by atoms with van der Waals surface area (Å²) >= 11 is 10.7. The summed E-state index contributed by atoms with van der Waals surface area (Å²) in [5.41, 5.74) is 0. The number of amides is 2. The molecule has 7 nitrogen and oxygen atoms in total. The van der Waals surface area contributed by atoms with E-state index in [0.29, 0.717) is 0 Å². The van der Waals surface area contributed by atoms with Crippen LogP contribution in [-0.4, -0.2) is 79.9 Å². The molecule has 0 spiro atoms. The first kappa shape index (κ1) is 18.8. The molecule has 0 aromatic rings. The Kier molecular flexibility index (Phi) is 9.92. The van der Waals surface area contributed by atoms with Crippen LogP contribution in [0.2, 0.25) is 0 Å². The Balaban J connectivity index is 4.11. The van der Waals surface area contributed by atoms with Crippen molar-refractivity contribution in [2.75, 3.05) is 52.2 Å². The number of hydrogen-bond donors (Lipinski definition) is 0. The fourth-order valence-electron chi connectivity index (χ4n) is 1.10. The fourth-order valence-corrected chi connectivity index (χ4v) is 1.26. The maximum atomic E-state index is 11.8. The molecule has 2 amide bonds. The first-order chi connectivity index (χ1) is 9.42. The van der Waals surface area contributed by atoms with Crippen molar-refractivity contribution in [1.82, 2.24) is 9.80 Å². The zero-order valence-corrected chi connectivity index (χ0v) is 12.9. The van der Waals surface area contributed by atoms with Crippen molar-refractivity contribution in [2.24, 2.45) is 0 Å². The summed E-state index contributed by atoms with van der Waals surface area (Å²) in [6, 6.07) is 0. The quantitative estimate of drug-likeness (QED) is 0.480. The van der Waals surface area contributed by atoms with Crippen molar-refractivity contribution < 1.29 is 23.9 Å². The first-order valence-electron chi connectivity index (χ1n) is 5.81. The van der Waals surface area contributed by atoms with Gasteiger partial charge in [0.2, 0.25) is 5.91 Å². The van der Waals surface area contributed by atoms with E-state index >= 15 is 0 Å². The van der Waals surface area contributed by atoms with E-state index in [1.165, 1.54) is 14.1 Å². The van der Waals surface area contributed by atoms with Crippen molar-refractivity contribution in [3.63, 3.8) is 0 Å². The molecule has 0 rings (SSSR count). The summed E-state index contributed by atoms with van der Waals surface area (Å²) in [7, 11) is 2.84. The molecule has 0 fully saturated rings. The van der Waals surface area contributed by atoms with E-state index in [2.05, 4.69) is 0 Å². The molecular formula is C11H18Cl2N2O5. The van der Waals surface area contributed by atoms with Crippen LogP contribution in [0.4, 0.5) is 4.79 Å². The van der Waals surface area contributed by atoms with Crippen LogP contribution < -0.4 is 0 Å². The Bertz CT molecular complexity index is 341. The van der Waals surface area contributed by atoms with Gasteiger partial charge in [0.1, 0.15) is 26.3 Å². The lowest BCUT2D eigenvalue weighted by atomic mass is 10.4. The van der Waals surface area contributed by atoms with E-state index in [4.69, 9.17) is 32.7 Å². The highest BCUT2D eigenvalue weighted by Crippen LogP contribution is 1.95. The minimum atomic E-state index is -0.655. The summed E-state index contributed by atoms with van der Waals surface area (Å²) < 4.78 is 9.48. The zero-order chi connectivity index (χ0) is 15.5. The van der Waals surface area contributed by atoms with E-state index in [1.807, 2.05) is 0 Å². The normalized spacial score (nSPS) is 9.80. The van der Waals surface area contributed by atoms with Gasteiger partial charge < -0.3 is 19.3 Å². The average molecular weight is 329 g/mol. The lowest BCUT2D eigenvalue weighted by Gasteiger charge is -2.21. The number of halogens is 2. The molecule has 0 aromatic carbocycles. The van der Waals surface area contributed by atoms with Crippen LogP contribution in [-0.2, 0) is 19.1 Å². The van der Waals surface area contributed by atoms with E-state index < -0.39 is 18.0 Å². The molecule has 20 heavy (non-hydrogen) atoms. The molecule has 116 valence electrons. The smallest absolute Gasteiger partial charge is 0.410 e. The molecule has 0 saturated heterocycles. The van der Waals surface area contributed by atoms with Gasteiger partial charge >= 0.3 is 12.1 Å². The molecule has 0 bridgehead atoms. The Morgan fingerprint density at radius 2 is 1.45 bits per heavy atom. The average Bonchev–Trinajstić information content (AvgIpc) is 2.41. The number of nitrogens with zero attached hydrogens (tertiary/aromatic N) is 2.